The molecule has 3 saturated carbocycles. The van der Waals surface area contributed by atoms with Crippen LogP contribution in [0.15, 0.2) is 46.3 Å². The number of hydrogen-bond donors (Lipinski definition) is 2. The topological polar surface area (TPSA) is 74.6 Å². The Labute approximate surface area is 197 Å². The van der Waals surface area contributed by atoms with Gasteiger partial charge in [-0.05, 0) is 98.2 Å². The average molecular weight is 451 g/mol. The maximum absolute atomic E-state index is 12.6. The van der Waals surface area contributed by atoms with Crippen LogP contribution in [0.5, 0.6) is 0 Å². The van der Waals surface area contributed by atoms with Gasteiger partial charge < -0.3 is 10.2 Å². The van der Waals surface area contributed by atoms with Crippen molar-refractivity contribution in [2.75, 3.05) is 0 Å². The smallest absolute Gasteiger partial charge is 0.309 e. The van der Waals surface area contributed by atoms with Crippen molar-refractivity contribution in [2.24, 2.45) is 33.0 Å². The molecule has 0 radical (unpaired) electrons. The zero-order valence-corrected chi connectivity index (χ0v) is 21.0. The first-order valence-electron chi connectivity index (χ1n) is 12.6. The summed E-state index contributed by atoms with van der Waals surface area (Å²) in [5.41, 5.74) is 3.33. The van der Waals surface area contributed by atoms with Crippen LogP contribution in [0.1, 0.15) is 86.5 Å². The second-order valence-electron chi connectivity index (χ2n) is 12.9. The quantitative estimate of drug-likeness (QED) is 0.466. The van der Waals surface area contributed by atoms with Gasteiger partial charge in [-0.25, -0.2) is 0 Å². The van der Waals surface area contributed by atoms with E-state index in [2.05, 4.69) is 39.8 Å². The summed E-state index contributed by atoms with van der Waals surface area (Å²) in [5.74, 6) is -0.734. The van der Waals surface area contributed by atoms with Crippen molar-refractivity contribution in [3.05, 3.63) is 46.3 Å². The molecule has 33 heavy (non-hydrogen) atoms. The number of carbonyl (C=O) groups excluding carboxylic acids is 1. The molecule has 178 valence electrons. The third kappa shape index (κ3) is 2.64. The van der Waals surface area contributed by atoms with Crippen molar-refractivity contribution in [2.45, 2.75) is 86.5 Å². The molecule has 0 spiro atoms. The molecule has 4 heteroatoms. The minimum absolute atomic E-state index is 0.0000746. The molecular weight excluding hydrogens is 412 g/mol. The summed E-state index contributed by atoms with van der Waals surface area (Å²) in [6, 6.07) is 0. The third-order valence-electron chi connectivity index (χ3n) is 11.4. The Bertz CT molecular complexity index is 1100. The lowest BCUT2D eigenvalue weighted by Gasteiger charge is -2.70. The lowest BCUT2D eigenvalue weighted by molar-refractivity contribution is -0.178. The SMILES string of the molecule is CC1=C(O)C(=O)C=C2C1=CC=C1[C@]2(C)CC[C@]2(C)[C@@H]3C[C@](C)(C(=O)O)CC[C@]3(C)CC[C@@]12C. The number of fused-ring (bicyclic) bond motifs is 7. The van der Waals surface area contributed by atoms with Gasteiger partial charge in [0.05, 0.1) is 5.41 Å². The third-order valence-corrected chi connectivity index (χ3v) is 11.4. The van der Waals surface area contributed by atoms with Crippen LogP contribution in [0.2, 0.25) is 0 Å². The highest BCUT2D eigenvalue weighted by Gasteiger charge is 2.67. The highest BCUT2D eigenvalue weighted by atomic mass is 16.4. The Morgan fingerprint density at radius 1 is 0.970 bits per heavy atom. The molecule has 0 heterocycles. The van der Waals surface area contributed by atoms with Gasteiger partial charge in [0, 0.05) is 11.0 Å². The normalized spacial score (nSPS) is 46.8. The van der Waals surface area contributed by atoms with E-state index in [0.29, 0.717) is 11.5 Å². The lowest BCUT2D eigenvalue weighted by Crippen LogP contribution is -2.62. The maximum atomic E-state index is 12.6. The fourth-order valence-corrected chi connectivity index (χ4v) is 8.65. The fourth-order valence-electron chi connectivity index (χ4n) is 8.65. The van der Waals surface area contributed by atoms with Gasteiger partial charge in [-0.15, -0.1) is 0 Å². The van der Waals surface area contributed by atoms with E-state index in [1.165, 1.54) is 5.57 Å². The molecule has 0 aliphatic heterocycles. The van der Waals surface area contributed by atoms with Gasteiger partial charge >= 0.3 is 5.97 Å². The molecule has 0 aromatic rings. The van der Waals surface area contributed by atoms with Crippen molar-refractivity contribution in [1.29, 1.82) is 0 Å². The molecule has 0 aromatic heterocycles. The number of carboxylic acid groups (broad SMARTS) is 1. The van der Waals surface area contributed by atoms with E-state index in [-0.39, 0.29) is 33.2 Å². The van der Waals surface area contributed by atoms with Crippen molar-refractivity contribution in [1.82, 2.24) is 0 Å². The number of ketones is 1. The summed E-state index contributed by atoms with van der Waals surface area (Å²) in [7, 11) is 0. The summed E-state index contributed by atoms with van der Waals surface area (Å²) in [5, 5.41) is 20.3. The van der Waals surface area contributed by atoms with Gasteiger partial charge in [0.25, 0.3) is 0 Å². The van der Waals surface area contributed by atoms with Gasteiger partial charge in [0.15, 0.2) is 5.76 Å². The molecular formula is C29H38O4. The van der Waals surface area contributed by atoms with Crippen molar-refractivity contribution in [3.63, 3.8) is 0 Å². The van der Waals surface area contributed by atoms with E-state index in [1.807, 2.05) is 13.8 Å². The van der Waals surface area contributed by atoms with Gasteiger partial charge in [0.1, 0.15) is 0 Å². The zero-order valence-electron chi connectivity index (χ0n) is 21.0. The molecule has 0 aromatic carbocycles. The summed E-state index contributed by atoms with van der Waals surface area (Å²) in [4.78, 5) is 24.8. The highest BCUT2D eigenvalue weighted by Crippen LogP contribution is 2.75. The van der Waals surface area contributed by atoms with Crippen LogP contribution in [0.3, 0.4) is 0 Å². The van der Waals surface area contributed by atoms with E-state index in [1.54, 1.807) is 6.08 Å². The second-order valence-corrected chi connectivity index (χ2v) is 12.9. The summed E-state index contributed by atoms with van der Waals surface area (Å²) in [6.45, 7) is 13.3. The predicted molar refractivity (Wildman–Crippen MR) is 129 cm³/mol. The fraction of sp³-hybridized carbons (Fsp3) is 0.655. The summed E-state index contributed by atoms with van der Waals surface area (Å²) < 4.78 is 0. The molecule has 0 unspecified atom stereocenters. The van der Waals surface area contributed by atoms with Crippen LogP contribution in [-0.2, 0) is 9.59 Å². The minimum Gasteiger partial charge on any atom is -0.504 e. The molecule has 6 atom stereocenters. The lowest BCUT2D eigenvalue weighted by atomic mass is 9.34. The summed E-state index contributed by atoms with van der Waals surface area (Å²) >= 11 is 0. The second kappa shape index (κ2) is 6.52. The first-order chi connectivity index (χ1) is 15.2. The highest BCUT2D eigenvalue weighted by molar-refractivity contribution is 6.06. The van der Waals surface area contributed by atoms with Crippen molar-refractivity contribution in [3.8, 4) is 0 Å². The molecule has 5 aliphatic carbocycles. The van der Waals surface area contributed by atoms with Crippen LogP contribution in [0.25, 0.3) is 0 Å². The first-order valence-corrected chi connectivity index (χ1v) is 12.6. The Hall–Kier alpha value is -2.10. The molecule has 4 nitrogen and oxygen atoms in total. The number of hydrogen-bond acceptors (Lipinski definition) is 3. The molecule has 0 amide bonds. The summed E-state index contributed by atoms with van der Waals surface area (Å²) in [6.07, 6.45) is 12.7. The van der Waals surface area contributed by atoms with Gasteiger partial charge in [-0.1, -0.05) is 45.4 Å². The maximum Gasteiger partial charge on any atom is 0.309 e. The zero-order chi connectivity index (χ0) is 24.2. The van der Waals surface area contributed by atoms with Crippen LogP contribution in [-0.4, -0.2) is 22.0 Å². The Balaban J connectivity index is 1.64. The van der Waals surface area contributed by atoms with E-state index < -0.39 is 11.4 Å². The standard InChI is InChI=1S/C29H38O4/c1-17-18-7-8-21-27(4,19(18)15-20(30)23(17)31)12-14-29(6)22-16-26(3,24(32)33)10-9-25(22,2)11-13-28(21,29)5/h7-8,15,22,31H,9-14,16H2,1-6H3,(H,32,33)/t22-,25-,26-,27-,28+,29-/m1/s1. The predicted octanol–water partition coefficient (Wildman–Crippen LogP) is 6.70. The van der Waals surface area contributed by atoms with Crippen LogP contribution < -0.4 is 0 Å². The Kier molecular flexibility index (Phi) is 4.48. The average Bonchev–Trinajstić information content (AvgIpc) is 2.75. The molecule has 5 rings (SSSR count). The first kappa shape index (κ1) is 22.7. The largest absolute Gasteiger partial charge is 0.504 e. The van der Waals surface area contributed by atoms with Crippen LogP contribution in [0, 0.1) is 33.0 Å². The number of aliphatic carboxylic acids is 1. The molecule has 0 bridgehead atoms. The molecule has 2 N–H and O–H groups in total. The number of aliphatic hydroxyl groups excluding tert-OH is 1. The number of carbonyl (C=O) groups is 2. The number of aliphatic hydroxyl groups is 1. The van der Waals surface area contributed by atoms with E-state index in [0.717, 1.165) is 56.1 Å². The van der Waals surface area contributed by atoms with Crippen molar-refractivity contribution < 1.29 is 19.8 Å². The van der Waals surface area contributed by atoms with Crippen LogP contribution in [0.4, 0.5) is 0 Å². The monoisotopic (exact) mass is 450 g/mol. The molecule has 0 saturated heterocycles. The number of rotatable bonds is 1. The van der Waals surface area contributed by atoms with E-state index in [4.69, 9.17) is 0 Å². The Morgan fingerprint density at radius 3 is 2.30 bits per heavy atom. The van der Waals surface area contributed by atoms with Gasteiger partial charge in [0.2, 0.25) is 5.78 Å². The van der Waals surface area contributed by atoms with Gasteiger partial charge in [-0.3, -0.25) is 9.59 Å². The number of carboxylic acids is 1. The van der Waals surface area contributed by atoms with E-state index >= 15 is 0 Å². The molecule has 5 aliphatic rings. The van der Waals surface area contributed by atoms with E-state index in [9.17, 15) is 19.8 Å². The minimum atomic E-state index is -0.655. The van der Waals surface area contributed by atoms with Crippen LogP contribution >= 0.6 is 0 Å². The molecule has 3 fully saturated rings. The number of allylic oxidation sites excluding steroid dienone is 7. The van der Waals surface area contributed by atoms with Gasteiger partial charge in [-0.2, -0.15) is 0 Å². The van der Waals surface area contributed by atoms with Crippen molar-refractivity contribution >= 4 is 11.8 Å². The Morgan fingerprint density at radius 2 is 1.64 bits per heavy atom.